The van der Waals surface area contributed by atoms with E-state index in [0.717, 1.165) is 24.3 Å². The summed E-state index contributed by atoms with van der Waals surface area (Å²) in [5.41, 5.74) is 1.16. The zero-order chi connectivity index (χ0) is 14.1. The van der Waals surface area contributed by atoms with Crippen LogP contribution in [0.25, 0.3) is 0 Å². The molecular formula is C15H23NO3. The van der Waals surface area contributed by atoms with Gasteiger partial charge in [0.1, 0.15) is 12.4 Å². The lowest BCUT2D eigenvalue weighted by atomic mass is 10.2. The predicted molar refractivity (Wildman–Crippen MR) is 75.2 cm³/mol. The Morgan fingerprint density at radius 1 is 1.37 bits per heavy atom. The highest BCUT2D eigenvalue weighted by atomic mass is 16.5. The highest BCUT2D eigenvalue weighted by Crippen LogP contribution is 2.13. The Balaban J connectivity index is 2.45. The highest BCUT2D eigenvalue weighted by molar-refractivity contribution is 5.65. The van der Waals surface area contributed by atoms with Crippen LogP contribution in [0.15, 0.2) is 24.3 Å². The maximum Gasteiger partial charge on any atom is 0.302 e. The van der Waals surface area contributed by atoms with Gasteiger partial charge in [-0.1, -0.05) is 19.1 Å². The molecule has 1 rings (SSSR count). The van der Waals surface area contributed by atoms with Gasteiger partial charge in [0.25, 0.3) is 0 Å². The normalized spacial score (nSPS) is 11.9. The van der Waals surface area contributed by atoms with Crippen LogP contribution in [-0.2, 0) is 16.1 Å². The molecule has 0 aliphatic heterocycles. The fourth-order valence-corrected chi connectivity index (χ4v) is 1.71. The van der Waals surface area contributed by atoms with Crippen LogP contribution in [0, 0.1) is 0 Å². The van der Waals surface area contributed by atoms with Crippen molar-refractivity contribution in [2.24, 2.45) is 0 Å². The van der Waals surface area contributed by atoms with E-state index in [1.165, 1.54) is 6.92 Å². The number of carbonyl (C=O) groups is 1. The van der Waals surface area contributed by atoms with Crippen molar-refractivity contribution in [1.29, 1.82) is 0 Å². The number of rotatable bonds is 8. The second-order valence-electron chi connectivity index (χ2n) is 4.37. The predicted octanol–water partition coefficient (Wildman–Crippen LogP) is 2.52. The molecule has 0 heterocycles. The molecule has 0 amide bonds. The van der Waals surface area contributed by atoms with E-state index in [0.29, 0.717) is 13.2 Å². The molecule has 0 bridgehead atoms. The van der Waals surface area contributed by atoms with Gasteiger partial charge in [-0.2, -0.15) is 0 Å². The first-order chi connectivity index (χ1) is 9.15. The second kappa shape index (κ2) is 8.53. The lowest BCUT2D eigenvalue weighted by molar-refractivity contribution is -0.141. The zero-order valence-electron chi connectivity index (χ0n) is 11.9. The number of benzene rings is 1. The summed E-state index contributed by atoms with van der Waals surface area (Å²) in [5.74, 6) is 0.647. The average molecular weight is 265 g/mol. The molecule has 1 aromatic rings. The topological polar surface area (TPSA) is 47.6 Å². The first kappa shape index (κ1) is 15.5. The summed E-state index contributed by atoms with van der Waals surface area (Å²) in [6, 6.07) is 8.18. The van der Waals surface area contributed by atoms with Gasteiger partial charge in [-0.25, -0.2) is 0 Å². The quantitative estimate of drug-likeness (QED) is 0.734. The molecule has 1 N–H and O–H groups in total. The molecule has 0 saturated carbocycles. The molecule has 19 heavy (non-hydrogen) atoms. The molecule has 1 aromatic carbocycles. The highest BCUT2D eigenvalue weighted by Gasteiger charge is 2.07. The number of nitrogens with one attached hydrogen (secondary N) is 1. The van der Waals surface area contributed by atoms with Gasteiger partial charge in [0, 0.05) is 19.5 Å². The first-order valence-electron chi connectivity index (χ1n) is 6.74. The van der Waals surface area contributed by atoms with Crippen molar-refractivity contribution in [2.75, 3.05) is 13.2 Å². The van der Waals surface area contributed by atoms with Crippen molar-refractivity contribution in [2.45, 2.75) is 39.8 Å². The summed E-state index contributed by atoms with van der Waals surface area (Å²) in [5, 5.41) is 3.38. The van der Waals surface area contributed by atoms with Crippen molar-refractivity contribution in [3.63, 3.8) is 0 Å². The van der Waals surface area contributed by atoms with Crippen LogP contribution in [0.5, 0.6) is 5.75 Å². The molecule has 0 aliphatic rings. The van der Waals surface area contributed by atoms with Crippen LogP contribution in [0.3, 0.4) is 0 Å². The third-order valence-corrected chi connectivity index (χ3v) is 2.78. The number of carbonyl (C=O) groups excluding carboxylic acids is 1. The minimum Gasteiger partial charge on any atom is -0.494 e. The molecule has 1 unspecified atom stereocenters. The molecule has 106 valence electrons. The summed E-state index contributed by atoms with van der Waals surface area (Å²) < 4.78 is 10.5. The van der Waals surface area contributed by atoms with Crippen molar-refractivity contribution >= 4 is 5.97 Å². The Kier molecular flexibility index (Phi) is 6.97. The summed E-state index contributed by atoms with van der Waals surface area (Å²) in [6.45, 7) is 7.28. The Bertz CT molecular complexity index is 393. The lowest BCUT2D eigenvalue weighted by Crippen LogP contribution is -2.33. The Labute approximate surface area is 115 Å². The monoisotopic (exact) mass is 265 g/mol. The summed E-state index contributed by atoms with van der Waals surface area (Å²) in [4.78, 5) is 10.8. The summed E-state index contributed by atoms with van der Waals surface area (Å²) >= 11 is 0. The molecule has 0 radical (unpaired) electrons. The van der Waals surface area contributed by atoms with E-state index in [-0.39, 0.29) is 12.0 Å². The molecule has 1 atom stereocenters. The molecule has 0 aliphatic carbocycles. The molecular weight excluding hydrogens is 242 g/mol. The number of ether oxygens (including phenoxy) is 2. The fourth-order valence-electron chi connectivity index (χ4n) is 1.71. The minimum absolute atomic E-state index is 0.180. The van der Waals surface area contributed by atoms with E-state index >= 15 is 0 Å². The molecule has 0 saturated heterocycles. The SMILES string of the molecule is CCOc1cccc(CNC(CC)COC(C)=O)c1. The van der Waals surface area contributed by atoms with Crippen LogP contribution in [0.4, 0.5) is 0 Å². The van der Waals surface area contributed by atoms with Gasteiger partial charge < -0.3 is 14.8 Å². The van der Waals surface area contributed by atoms with E-state index in [2.05, 4.69) is 12.2 Å². The van der Waals surface area contributed by atoms with E-state index in [1.807, 2.05) is 31.2 Å². The smallest absolute Gasteiger partial charge is 0.302 e. The Hall–Kier alpha value is -1.55. The minimum atomic E-state index is -0.237. The zero-order valence-corrected chi connectivity index (χ0v) is 11.9. The van der Waals surface area contributed by atoms with Crippen LogP contribution in [-0.4, -0.2) is 25.2 Å². The molecule has 4 nitrogen and oxygen atoms in total. The van der Waals surface area contributed by atoms with Gasteiger partial charge in [0.2, 0.25) is 0 Å². The van der Waals surface area contributed by atoms with E-state index in [4.69, 9.17) is 9.47 Å². The Morgan fingerprint density at radius 3 is 2.79 bits per heavy atom. The van der Waals surface area contributed by atoms with Crippen LogP contribution >= 0.6 is 0 Å². The number of hydrogen-bond donors (Lipinski definition) is 1. The molecule has 0 spiro atoms. The van der Waals surface area contributed by atoms with Gasteiger partial charge in [-0.05, 0) is 31.0 Å². The van der Waals surface area contributed by atoms with Crippen molar-refractivity contribution in [3.8, 4) is 5.75 Å². The van der Waals surface area contributed by atoms with Crippen molar-refractivity contribution < 1.29 is 14.3 Å². The maximum absolute atomic E-state index is 10.8. The van der Waals surface area contributed by atoms with Crippen molar-refractivity contribution in [1.82, 2.24) is 5.32 Å². The number of esters is 1. The van der Waals surface area contributed by atoms with Crippen LogP contribution in [0.2, 0.25) is 0 Å². The van der Waals surface area contributed by atoms with Gasteiger partial charge >= 0.3 is 5.97 Å². The third-order valence-electron chi connectivity index (χ3n) is 2.78. The van der Waals surface area contributed by atoms with Gasteiger partial charge in [0.05, 0.1) is 6.61 Å². The van der Waals surface area contributed by atoms with Gasteiger partial charge in [-0.15, -0.1) is 0 Å². The maximum atomic E-state index is 10.8. The average Bonchev–Trinajstić information content (AvgIpc) is 2.39. The fraction of sp³-hybridized carbons (Fsp3) is 0.533. The summed E-state index contributed by atoms with van der Waals surface area (Å²) in [6.07, 6.45) is 0.915. The molecule has 0 aromatic heterocycles. The van der Waals surface area contributed by atoms with E-state index < -0.39 is 0 Å². The van der Waals surface area contributed by atoms with E-state index in [9.17, 15) is 4.79 Å². The van der Waals surface area contributed by atoms with E-state index in [1.54, 1.807) is 0 Å². The largest absolute Gasteiger partial charge is 0.494 e. The second-order valence-corrected chi connectivity index (χ2v) is 4.37. The van der Waals surface area contributed by atoms with Gasteiger partial charge in [-0.3, -0.25) is 4.79 Å². The van der Waals surface area contributed by atoms with Crippen molar-refractivity contribution in [3.05, 3.63) is 29.8 Å². The van der Waals surface area contributed by atoms with Crippen LogP contribution in [0.1, 0.15) is 32.8 Å². The molecule has 4 heteroatoms. The standard InChI is InChI=1S/C15H23NO3/c1-4-14(11-19-12(3)17)16-10-13-7-6-8-15(9-13)18-5-2/h6-9,14,16H,4-5,10-11H2,1-3H3. The van der Waals surface area contributed by atoms with Gasteiger partial charge in [0.15, 0.2) is 0 Å². The Morgan fingerprint density at radius 2 is 2.16 bits per heavy atom. The third kappa shape index (κ3) is 6.25. The van der Waals surface area contributed by atoms with Crippen LogP contribution < -0.4 is 10.1 Å². The number of hydrogen-bond acceptors (Lipinski definition) is 4. The summed E-state index contributed by atoms with van der Waals surface area (Å²) in [7, 11) is 0. The lowest BCUT2D eigenvalue weighted by Gasteiger charge is -2.16. The first-order valence-corrected chi connectivity index (χ1v) is 6.74. The molecule has 0 fully saturated rings.